The lowest BCUT2D eigenvalue weighted by Crippen LogP contribution is -2.03. The maximum Gasteiger partial charge on any atom is 0.151 e. The number of hydrogen-bond acceptors (Lipinski definition) is 2. The number of unbranched alkanes of at least 4 members (excludes halogenated alkanes) is 2. The van der Waals surface area contributed by atoms with Crippen LogP contribution in [0.25, 0.3) is 0 Å². The van der Waals surface area contributed by atoms with Crippen molar-refractivity contribution in [1.82, 2.24) is 0 Å². The first-order valence-electron chi connectivity index (χ1n) is 3.85. The van der Waals surface area contributed by atoms with E-state index in [0.29, 0.717) is 6.42 Å². The molecular formula is C7H13Br3O2. The Hall–Kier alpha value is 1.36. The summed E-state index contributed by atoms with van der Waals surface area (Å²) < 4.78 is -0.148. The summed E-state index contributed by atoms with van der Waals surface area (Å²) in [6.07, 6.45) is 3.22. The molecule has 0 radical (unpaired) electrons. The van der Waals surface area contributed by atoms with Crippen LogP contribution in [0, 0.1) is 0 Å². The van der Waals surface area contributed by atoms with E-state index < -0.39 is 6.29 Å². The molecule has 0 spiro atoms. The lowest BCUT2D eigenvalue weighted by molar-refractivity contribution is -0.0465. The fourth-order valence-electron chi connectivity index (χ4n) is 0.829. The summed E-state index contributed by atoms with van der Waals surface area (Å²) in [4.78, 5) is 0. The molecule has 0 heterocycles. The van der Waals surface area contributed by atoms with Crippen LogP contribution in [0.4, 0.5) is 0 Å². The van der Waals surface area contributed by atoms with E-state index in [1.54, 1.807) is 0 Å². The van der Waals surface area contributed by atoms with Gasteiger partial charge in [-0.3, -0.25) is 0 Å². The minimum atomic E-state index is -1.15. The van der Waals surface area contributed by atoms with Crippen LogP contribution in [0.5, 0.6) is 0 Å². The van der Waals surface area contributed by atoms with Gasteiger partial charge in [0.15, 0.2) is 6.29 Å². The second kappa shape index (κ2) is 6.76. The Morgan fingerprint density at radius 1 is 1.00 bits per heavy atom. The van der Waals surface area contributed by atoms with Crippen LogP contribution in [-0.4, -0.2) is 18.6 Å². The van der Waals surface area contributed by atoms with E-state index in [2.05, 4.69) is 47.8 Å². The van der Waals surface area contributed by atoms with Crippen LogP contribution in [0.15, 0.2) is 0 Å². The van der Waals surface area contributed by atoms with Gasteiger partial charge in [-0.2, -0.15) is 0 Å². The highest BCUT2D eigenvalue weighted by atomic mass is 80.0. The molecule has 74 valence electrons. The zero-order valence-electron chi connectivity index (χ0n) is 6.64. The molecule has 0 saturated carbocycles. The molecule has 2 N–H and O–H groups in total. The first kappa shape index (κ1) is 13.4. The van der Waals surface area contributed by atoms with Crippen LogP contribution in [-0.2, 0) is 0 Å². The Balaban J connectivity index is 3.12. The van der Waals surface area contributed by atoms with Crippen molar-refractivity contribution in [2.24, 2.45) is 0 Å². The monoisotopic (exact) mass is 366 g/mol. The second-order valence-electron chi connectivity index (χ2n) is 2.70. The molecule has 0 saturated heterocycles. The smallest absolute Gasteiger partial charge is 0.151 e. The maximum atomic E-state index is 8.54. The summed E-state index contributed by atoms with van der Waals surface area (Å²) in [5.41, 5.74) is 0. The van der Waals surface area contributed by atoms with Gasteiger partial charge in [-0.15, -0.1) is 0 Å². The molecule has 0 aromatic carbocycles. The number of aliphatic hydroxyl groups is 2. The Kier molecular flexibility index (Phi) is 7.53. The Morgan fingerprint density at radius 2 is 1.58 bits per heavy atom. The highest BCUT2D eigenvalue weighted by molar-refractivity contribution is 9.39. The highest BCUT2D eigenvalue weighted by Crippen LogP contribution is 2.38. The van der Waals surface area contributed by atoms with Crippen LogP contribution in [0.2, 0.25) is 0 Å². The zero-order valence-corrected chi connectivity index (χ0v) is 11.4. The first-order valence-corrected chi connectivity index (χ1v) is 6.22. The van der Waals surface area contributed by atoms with Gasteiger partial charge in [0.05, 0.1) is 0 Å². The second-order valence-corrected chi connectivity index (χ2v) is 9.95. The van der Waals surface area contributed by atoms with Crippen LogP contribution in [0.3, 0.4) is 0 Å². The summed E-state index contributed by atoms with van der Waals surface area (Å²) in [7, 11) is 0. The molecule has 0 aliphatic carbocycles. The third kappa shape index (κ3) is 11.4. The maximum absolute atomic E-state index is 8.54. The van der Waals surface area contributed by atoms with E-state index in [1.165, 1.54) is 0 Å². The summed E-state index contributed by atoms with van der Waals surface area (Å²) >= 11 is 10.2. The highest BCUT2D eigenvalue weighted by Gasteiger charge is 2.16. The van der Waals surface area contributed by atoms with Crippen molar-refractivity contribution >= 4 is 47.8 Å². The van der Waals surface area contributed by atoms with Crippen molar-refractivity contribution in [3.63, 3.8) is 0 Å². The fraction of sp³-hybridized carbons (Fsp3) is 1.00. The van der Waals surface area contributed by atoms with Crippen molar-refractivity contribution in [3.8, 4) is 0 Å². The Labute approximate surface area is 98.1 Å². The van der Waals surface area contributed by atoms with Gasteiger partial charge in [-0.25, -0.2) is 0 Å². The molecular weight excluding hydrogens is 356 g/mol. The average Bonchev–Trinajstić information content (AvgIpc) is 1.83. The van der Waals surface area contributed by atoms with E-state index in [9.17, 15) is 0 Å². The largest absolute Gasteiger partial charge is 0.368 e. The molecule has 0 atom stereocenters. The Morgan fingerprint density at radius 3 is 2.00 bits per heavy atom. The van der Waals surface area contributed by atoms with Gasteiger partial charge in [0, 0.05) is 0 Å². The predicted molar refractivity (Wildman–Crippen MR) is 60.8 cm³/mol. The molecule has 0 aromatic rings. The molecule has 0 amide bonds. The minimum Gasteiger partial charge on any atom is -0.368 e. The number of alkyl halides is 3. The van der Waals surface area contributed by atoms with Crippen molar-refractivity contribution < 1.29 is 10.2 Å². The predicted octanol–water partition coefficient (Wildman–Crippen LogP) is 3.09. The normalized spacial score (nSPS) is 12.5. The van der Waals surface area contributed by atoms with E-state index in [4.69, 9.17) is 10.2 Å². The number of rotatable bonds is 5. The fourth-order valence-corrected chi connectivity index (χ4v) is 1.67. The third-order valence-corrected chi connectivity index (χ3v) is 2.61. The summed E-state index contributed by atoms with van der Waals surface area (Å²) in [6, 6.07) is 0. The number of aliphatic hydroxyl groups excluding tert-OH is 1. The molecule has 0 aromatic heterocycles. The molecule has 0 bridgehead atoms. The van der Waals surface area contributed by atoms with Gasteiger partial charge in [0.2, 0.25) is 0 Å². The van der Waals surface area contributed by atoms with Crippen molar-refractivity contribution in [3.05, 3.63) is 0 Å². The van der Waals surface area contributed by atoms with Gasteiger partial charge in [0.25, 0.3) is 0 Å². The minimum absolute atomic E-state index is 0.148. The quantitative estimate of drug-likeness (QED) is 0.445. The van der Waals surface area contributed by atoms with Crippen LogP contribution in [0.1, 0.15) is 32.1 Å². The molecule has 2 nitrogen and oxygen atoms in total. The van der Waals surface area contributed by atoms with E-state index >= 15 is 0 Å². The van der Waals surface area contributed by atoms with Gasteiger partial charge in [-0.05, 0) is 19.3 Å². The van der Waals surface area contributed by atoms with Gasteiger partial charge < -0.3 is 10.2 Å². The molecule has 5 heteroatoms. The van der Waals surface area contributed by atoms with E-state index in [0.717, 1.165) is 25.7 Å². The summed E-state index contributed by atoms with van der Waals surface area (Å²) in [6.45, 7) is 0. The van der Waals surface area contributed by atoms with Crippen molar-refractivity contribution in [1.29, 1.82) is 0 Å². The van der Waals surface area contributed by atoms with Gasteiger partial charge >= 0.3 is 0 Å². The van der Waals surface area contributed by atoms with Crippen molar-refractivity contribution in [2.75, 3.05) is 0 Å². The molecule has 0 rings (SSSR count). The van der Waals surface area contributed by atoms with Crippen LogP contribution >= 0.6 is 47.8 Å². The van der Waals surface area contributed by atoms with Crippen molar-refractivity contribution in [2.45, 2.75) is 40.5 Å². The molecule has 0 aliphatic rings. The standard InChI is InChI=1S/C7H13Br3O2/c8-7(9,10)5-3-1-2-4-6(11)12/h6,11-12H,1-5H2. The first-order chi connectivity index (χ1) is 5.42. The average molecular weight is 369 g/mol. The van der Waals surface area contributed by atoms with E-state index in [1.807, 2.05) is 0 Å². The lowest BCUT2D eigenvalue weighted by atomic mass is 10.1. The van der Waals surface area contributed by atoms with Crippen LogP contribution < -0.4 is 0 Å². The zero-order chi connectivity index (χ0) is 9.61. The van der Waals surface area contributed by atoms with E-state index in [-0.39, 0.29) is 2.14 Å². The third-order valence-electron chi connectivity index (χ3n) is 1.42. The molecule has 0 unspecified atom stereocenters. The van der Waals surface area contributed by atoms with Gasteiger partial charge in [0.1, 0.15) is 2.14 Å². The topological polar surface area (TPSA) is 40.5 Å². The Bertz CT molecular complexity index is 112. The molecule has 0 fully saturated rings. The number of hydrogen-bond donors (Lipinski definition) is 2. The van der Waals surface area contributed by atoms with Gasteiger partial charge in [-0.1, -0.05) is 60.6 Å². The number of halogens is 3. The lowest BCUT2D eigenvalue weighted by Gasteiger charge is -2.11. The summed E-state index contributed by atoms with van der Waals surface area (Å²) in [5.74, 6) is 0. The summed E-state index contributed by atoms with van der Waals surface area (Å²) in [5, 5.41) is 17.1. The SMILES string of the molecule is OC(O)CCCCCC(Br)(Br)Br. The molecule has 0 aliphatic heterocycles. The molecule has 12 heavy (non-hydrogen) atoms.